The normalized spacial score (nSPS) is 11.0. The summed E-state index contributed by atoms with van der Waals surface area (Å²) in [5.74, 6) is -1.35. The Hall–Kier alpha value is -2.31. The summed E-state index contributed by atoms with van der Waals surface area (Å²) in [6.07, 6.45) is 1.52. The minimum absolute atomic E-state index is 0.470. The van der Waals surface area contributed by atoms with Crippen LogP contribution in [-0.4, -0.2) is 40.6 Å². The van der Waals surface area contributed by atoms with Crippen LogP contribution in [0.5, 0.6) is 0 Å². The van der Waals surface area contributed by atoms with E-state index in [4.69, 9.17) is 23.2 Å². The summed E-state index contributed by atoms with van der Waals surface area (Å²) in [6, 6.07) is 7.33. The highest BCUT2D eigenvalue weighted by Crippen LogP contribution is 2.27. The maximum atomic E-state index is 11.9. The van der Waals surface area contributed by atoms with Crippen molar-refractivity contribution in [3.63, 3.8) is 0 Å². The van der Waals surface area contributed by atoms with Crippen LogP contribution in [-0.2, 0) is 9.59 Å². The van der Waals surface area contributed by atoms with Crippen LogP contribution in [0.3, 0.4) is 0 Å². The number of aryl methyl sites for hydroxylation is 1. The van der Waals surface area contributed by atoms with Gasteiger partial charge in [0.05, 0.1) is 16.3 Å². The molecule has 1 N–H and O–H groups in total. The molecule has 0 atom stereocenters. The number of hydrogen-bond donors (Lipinski definition) is 1. The van der Waals surface area contributed by atoms with Crippen molar-refractivity contribution in [3.8, 4) is 5.69 Å². The number of amides is 2. The Kier molecular flexibility index (Phi) is 7.05. The van der Waals surface area contributed by atoms with E-state index in [0.717, 1.165) is 22.6 Å². The summed E-state index contributed by atoms with van der Waals surface area (Å²) >= 11 is 12.1. The molecule has 1 aromatic carbocycles. The first-order valence-electron chi connectivity index (χ1n) is 8.56. The number of hydrogen-bond acceptors (Lipinski definition) is 3. The van der Waals surface area contributed by atoms with Crippen LogP contribution >= 0.6 is 23.2 Å². The van der Waals surface area contributed by atoms with Crippen molar-refractivity contribution in [1.29, 1.82) is 0 Å². The van der Waals surface area contributed by atoms with E-state index in [1.165, 1.54) is 11.1 Å². The van der Waals surface area contributed by atoms with E-state index in [2.05, 4.69) is 10.5 Å². The lowest BCUT2D eigenvalue weighted by Crippen LogP contribution is -2.41. The number of halogens is 2. The molecular formula is C19H22Cl2N4O2. The first kappa shape index (κ1) is 21.0. The number of hydrazone groups is 1. The minimum Gasteiger partial charge on any atom is -0.335 e. The fourth-order valence-corrected chi connectivity index (χ4v) is 3.09. The van der Waals surface area contributed by atoms with Gasteiger partial charge in [0.15, 0.2) is 0 Å². The smallest absolute Gasteiger partial charge is 0.329 e. The molecule has 2 rings (SSSR count). The fraction of sp³-hybridized carbons (Fsp3) is 0.316. The molecule has 27 heavy (non-hydrogen) atoms. The lowest BCUT2D eigenvalue weighted by molar-refractivity contribution is -0.145. The van der Waals surface area contributed by atoms with Crippen LogP contribution < -0.4 is 5.43 Å². The summed E-state index contributed by atoms with van der Waals surface area (Å²) in [5.41, 5.74) is 5.86. The van der Waals surface area contributed by atoms with Crippen molar-refractivity contribution in [2.45, 2.75) is 27.7 Å². The number of nitrogens with zero attached hydrogens (tertiary/aromatic N) is 3. The average molecular weight is 409 g/mol. The van der Waals surface area contributed by atoms with E-state index >= 15 is 0 Å². The van der Waals surface area contributed by atoms with E-state index < -0.39 is 11.8 Å². The van der Waals surface area contributed by atoms with Crippen molar-refractivity contribution in [2.24, 2.45) is 5.10 Å². The molecule has 0 bridgehead atoms. The second-order valence-corrected chi connectivity index (χ2v) is 6.75. The predicted octanol–water partition coefficient (Wildman–Crippen LogP) is 3.72. The Bertz CT molecular complexity index is 886. The van der Waals surface area contributed by atoms with E-state index in [1.54, 1.807) is 12.1 Å². The van der Waals surface area contributed by atoms with Gasteiger partial charge in [0.25, 0.3) is 0 Å². The topological polar surface area (TPSA) is 66.7 Å². The minimum atomic E-state index is -0.756. The molecule has 0 fully saturated rings. The molecule has 0 aliphatic rings. The number of aromatic nitrogens is 1. The zero-order chi connectivity index (χ0) is 20.1. The third-order valence-electron chi connectivity index (χ3n) is 4.25. The molecule has 8 heteroatoms. The molecule has 2 aromatic rings. The highest BCUT2D eigenvalue weighted by Gasteiger charge is 2.18. The van der Waals surface area contributed by atoms with Gasteiger partial charge in [-0.25, -0.2) is 5.43 Å². The maximum absolute atomic E-state index is 11.9. The highest BCUT2D eigenvalue weighted by atomic mass is 35.5. The molecule has 144 valence electrons. The molecule has 1 aromatic heterocycles. The average Bonchev–Trinajstić information content (AvgIpc) is 2.92. The van der Waals surface area contributed by atoms with Gasteiger partial charge in [-0.05, 0) is 52.0 Å². The third-order valence-corrected chi connectivity index (χ3v) is 4.99. The second-order valence-electron chi connectivity index (χ2n) is 5.94. The summed E-state index contributed by atoms with van der Waals surface area (Å²) < 4.78 is 2.01. The van der Waals surface area contributed by atoms with Crippen molar-refractivity contribution in [1.82, 2.24) is 14.9 Å². The lowest BCUT2D eigenvalue weighted by atomic mass is 10.2. The molecule has 0 aliphatic carbocycles. The van der Waals surface area contributed by atoms with Gasteiger partial charge in [0, 0.05) is 35.7 Å². The first-order valence-corrected chi connectivity index (χ1v) is 9.32. The molecule has 1 heterocycles. The van der Waals surface area contributed by atoms with Crippen LogP contribution in [0.2, 0.25) is 10.0 Å². The molecule has 0 unspecified atom stereocenters. The largest absolute Gasteiger partial charge is 0.335 e. The Balaban J connectivity index is 2.19. The van der Waals surface area contributed by atoms with Crippen molar-refractivity contribution in [2.75, 3.05) is 13.1 Å². The van der Waals surface area contributed by atoms with Gasteiger partial charge in [0.2, 0.25) is 0 Å². The van der Waals surface area contributed by atoms with E-state index in [9.17, 15) is 9.59 Å². The quantitative estimate of drug-likeness (QED) is 0.465. The molecule has 0 saturated heterocycles. The number of rotatable bonds is 5. The Labute approximate surface area is 168 Å². The Morgan fingerprint density at radius 3 is 2.41 bits per heavy atom. The van der Waals surface area contributed by atoms with Gasteiger partial charge < -0.3 is 9.47 Å². The number of carbonyl (C=O) groups excluding carboxylic acids is 2. The molecule has 6 nitrogen and oxygen atoms in total. The van der Waals surface area contributed by atoms with Gasteiger partial charge in [-0.1, -0.05) is 23.2 Å². The molecule has 0 aliphatic heterocycles. The fourth-order valence-electron chi connectivity index (χ4n) is 2.80. The lowest BCUT2D eigenvalue weighted by Gasteiger charge is -2.16. The second kappa shape index (κ2) is 9.06. The van der Waals surface area contributed by atoms with Crippen LogP contribution in [0.25, 0.3) is 5.69 Å². The molecule has 0 spiro atoms. The highest BCUT2D eigenvalue weighted by molar-refractivity contribution is 6.42. The van der Waals surface area contributed by atoms with E-state index in [0.29, 0.717) is 23.1 Å². The standard InChI is InChI=1S/C19H22Cl2N4O2/c1-5-24(6-2)19(27)18(26)23-22-11-14-9-12(3)25(13(14)4)15-7-8-16(20)17(21)10-15/h7-11H,5-6H2,1-4H3,(H,23,26)/b22-11-. The maximum Gasteiger partial charge on any atom is 0.329 e. The Morgan fingerprint density at radius 2 is 1.81 bits per heavy atom. The summed E-state index contributed by atoms with van der Waals surface area (Å²) in [7, 11) is 0. The molecule has 0 radical (unpaired) electrons. The van der Waals surface area contributed by atoms with Crippen LogP contribution in [0.1, 0.15) is 30.8 Å². The predicted molar refractivity (Wildman–Crippen MR) is 109 cm³/mol. The van der Waals surface area contributed by atoms with Crippen LogP contribution in [0.15, 0.2) is 29.4 Å². The van der Waals surface area contributed by atoms with Gasteiger partial charge >= 0.3 is 11.8 Å². The van der Waals surface area contributed by atoms with Crippen molar-refractivity contribution >= 4 is 41.2 Å². The van der Waals surface area contributed by atoms with E-state index in [-0.39, 0.29) is 0 Å². The number of nitrogens with one attached hydrogen (secondary N) is 1. The molecular weight excluding hydrogens is 387 g/mol. The molecule has 0 saturated carbocycles. The summed E-state index contributed by atoms with van der Waals surface area (Å²) in [4.78, 5) is 25.3. The van der Waals surface area contributed by atoms with Crippen molar-refractivity contribution in [3.05, 3.63) is 51.3 Å². The van der Waals surface area contributed by atoms with E-state index in [1.807, 2.05) is 44.4 Å². The number of carbonyl (C=O) groups is 2. The SMILES string of the molecule is CCN(CC)C(=O)C(=O)N/N=C\c1cc(C)n(-c2ccc(Cl)c(Cl)c2)c1C. The van der Waals surface area contributed by atoms with Gasteiger partial charge in [-0.2, -0.15) is 5.10 Å². The zero-order valence-electron chi connectivity index (χ0n) is 15.7. The van der Waals surface area contributed by atoms with Crippen molar-refractivity contribution < 1.29 is 9.59 Å². The monoisotopic (exact) mass is 408 g/mol. The molecule has 2 amide bonds. The van der Waals surface area contributed by atoms with Gasteiger partial charge in [-0.3, -0.25) is 9.59 Å². The first-order chi connectivity index (χ1) is 12.8. The number of likely N-dealkylation sites (N-methyl/N-ethyl adjacent to an activating group) is 1. The Morgan fingerprint density at radius 1 is 1.15 bits per heavy atom. The summed E-state index contributed by atoms with van der Waals surface area (Å²) in [6.45, 7) is 8.45. The van der Waals surface area contributed by atoms with Gasteiger partial charge in [0.1, 0.15) is 0 Å². The van der Waals surface area contributed by atoms with Crippen LogP contribution in [0, 0.1) is 13.8 Å². The zero-order valence-corrected chi connectivity index (χ0v) is 17.2. The summed E-state index contributed by atoms with van der Waals surface area (Å²) in [5, 5.41) is 4.88. The van der Waals surface area contributed by atoms with Crippen LogP contribution in [0.4, 0.5) is 0 Å². The number of benzene rings is 1. The van der Waals surface area contributed by atoms with Gasteiger partial charge in [-0.15, -0.1) is 0 Å². The third kappa shape index (κ3) is 4.70.